The summed E-state index contributed by atoms with van der Waals surface area (Å²) in [7, 11) is 0. The van der Waals surface area contributed by atoms with E-state index in [9.17, 15) is 0 Å². The molecule has 6 nitrogen and oxygen atoms in total. The van der Waals surface area contributed by atoms with Crippen LogP contribution in [0, 0.1) is 0 Å². The number of hydrogen-bond donors (Lipinski definition) is 2. The van der Waals surface area contributed by atoms with E-state index >= 15 is 0 Å². The number of benzene rings is 3. The molecule has 160 valence electrons. The Kier molecular flexibility index (Phi) is 4.21. The average molecular weight is 423 g/mol. The molecule has 32 heavy (non-hydrogen) atoms. The molecule has 0 atom stereocenters. The average Bonchev–Trinajstić information content (AvgIpc) is 3.14. The number of rotatable bonds is 2. The molecule has 2 aliphatic rings. The zero-order valence-electron chi connectivity index (χ0n) is 17.9. The highest BCUT2D eigenvalue weighted by Crippen LogP contribution is 2.43. The summed E-state index contributed by atoms with van der Waals surface area (Å²) in [6, 6.07) is 25.5. The van der Waals surface area contributed by atoms with Gasteiger partial charge < -0.3 is 16.0 Å². The van der Waals surface area contributed by atoms with E-state index in [0.717, 1.165) is 48.1 Å². The third-order valence-corrected chi connectivity index (χ3v) is 6.80. The lowest BCUT2D eigenvalue weighted by atomic mass is 9.87. The largest absolute Gasteiger partial charge is 0.369 e. The summed E-state index contributed by atoms with van der Waals surface area (Å²) in [6.07, 6.45) is 5.21. The van der Waals surface area contributed by atoms with E-state index in [4.69, 9.17) is 16.5 Å². The smallest absolute Gasteiger partial charge is 0.220 e. The number of para-hydroxylation sites is 4. The van der Waals surface area contributed by atoms with Gasteiger partial charge in [0.1, 0.15) is 5.66 Å². The molecule has 1 spiro atoms. The minimum Gasteiger partial charge on any atom is -0.369 e. The number of aromatic nitrogens is 1. The van der Waals surface area contributed by atoms with Crippen LogP contribution in [0.25, 0.3) is 27.5 Å². The first-order chi connectivity index (χ1) is 15.7. The van der Waals surface area contributed by atoms with E-state index in [2.05, 4.69) is 87.3 Å². The third kappa shape index (κ3) is 2.72. The second-order valence-electron chi connectivity index (χ2n) is 8.68. The summed E-state index contributed by atoms with van der Waals surface area (Å²) in [4.78, 5) is 11.4. The number of hydrogen-bond acceptors (Lipinski definition) is 5. The van der Waals surface area contributed by atoms with Gasteiger partial charge in [0.05, 0.1) is 22.4 Å². The number of anilines is 1. The fourth-order valence-corrected chi connectivity index (χ4v) is 5.49. The van der Waals surface area contributed by atoms with Crippen molar-refractivity contribution in [3.8, 4) is 5.69 Å². The first-order valence-corrected chi connectivity index (χ1v) is 11.3. The van der Waals surface area contributed by atoms with Crippen molar-refractivity contribution in [1.82, 2.24) is 4.57 Å². The lowest BCUT2D eigenvalue weighted by molar-refractivity contribution is 0.305. The van der Waals surface area contributed by atoms with Crippen molar-refractivity contribution < 1.29 is 0 Å². The van der Waals surface area contributed by atoms with Crippen molar-refractivity contribution in [2.75, 3.05) is 4.90 Å². The Morgan fingerprint density at radius 1 is 0.688 bits per heavy atom. The number of guanidine groups is 2. The summed E-state index contributed by atoms with van der Waals surface area (Å²) in [5.41, 5.74) is 16.6. The van der Waals surface area contributed by atoms with Crippen molar-refractivity contribution in [1.29, 1.82) is 0 Å². The van der Waals surface area contributed by atoms with Crippen molar-refractivity contribution in [3.05, 3.63) is 72.8 Å². The van der Waals surface area contributed by atoms with Gasteiger partial charge in [-0.25, -0.2) is 4.99 Å². The van der Waals surface area contributed by atoms with Crippen LogP contribution in [0.4, 0.5) is 5.69 Å². The van der Waals surface area contributed by atoms with Gasteiger partial charge in [0.15, 0.2) is 0 Å². The van der Waals surface area contributed by atoms with Crippen LogP contribution < -0.4 is 16.4 Å². The van der Waals surface area contributed by atoms with Crippen LogP contribution in [0.2, 0.25) is 0 Å². The van der Waals surface area contributed by atoms with Crippen LogP contribution in [0.5, 0.6) is 0 Å². The van der Waals surface area contributed by atoms with E-state index < -0.39 is 5.66 Å². The van der Waals surface area contributed by atoms with Gasteiger partial charge in [-0.05, 0) is 49.9 Å². The molecule has 0 amide bonds. The van der Waals surface area contributed by atoms with Gasteiger partial charge in [-0.15, -0.1) is 0 Å². The second kappa shape index (κ2) is 7.12. The lowest BCUT2D eigenvalue weighted by Gasteiger charge is -2.46. The molecule has 1 aliphatic heterocycles. The van der Waals surface area contributed by atoms with Crippen molar-refractivity contribution in [3.63, 3.8) is 0 Å². The second-order valence-corrected chi connectivity index (χ2v) is 8.68. The Labute approximate surface area is 186 Å². The van der Waals surface area contributed by atoms with Crippen LogP contribution in [-0.2, 0) is 0 Å². The van der Waals surface area contributed by atoms with Crippen molar-refractivity contribution >= 4 is 39.4 Å². The summed E-state index contributed by atoms with van der Waals surface area (Å²) in [5.74, 6) is 0.683. The summed E-state index contributed by atoms with van der Waals surface area (Å²) in [6.45, 7) is 0. The van der Waals surface area contributed by atoms with E-state index in [1.807, 2.05) is 0 Å². The number of nitrogens with zero attached hydrogens (tertiary/aromatic N) is 4. The SMILES string of the molecule is NC1=NC2(CCCCC2)N(c2ccccc2-n2c3ccccc3c3ccccc32)C(N)=N1. The maximum absolute atomic E-state index is 6.56. The van der Waals surface area contributed by atoms with Gasteiger partial charge >= 0.3 is 0 Å². The molecule has 6 heteroatoms. The fourth-order valence-electron chi connectivity index (χ4n) is 5.49. The molecule has 1 aliphatic carbocycles. The Hall–Kier alpha value is -3.80. The number of fused-ring (bicyclic) bond motifs is 3. The minimum atomic E-state index is -0.483. The molecule has 0 saturated heterocycles. The monoisotopic (exact) mass is 422 g/mol. The zero-order chi connectivity index (χ0) is 21.7. The van der Waals surface area contributed by atoms with Crippen LogP contribution in [0.1, 0.15) is 32.1 Å². The molecule has 6 rings (SSSR count). The highest BCUT2D eigenvalue weighted by Gasteiger charge is 2.43. The molecule has 0 unspecified atom stereocenters. The van der Waals surface area contributed by atoms with Crippen LogP contribution in [0.15, 0.2) is 82.8 Å². The highest BCUT2D eigenvalue weighted by atomic mass is 15.4. The van der Waals surface area contributed by atoms with Crippen LogP contribution in [-0.4, -0.2) is 22.1 Å². The number of aliphatic imine (C=N–C) groups is 2. The topological polar surface area (TPSA) is 84.9 Å². The van der Waals surface area contributed by atoms with Gasteiger partial charge in [0.25, 0.3) is 0 Å². The number of nitrogens with two attached hydrogens (primary N) is 2. The quantitative estimate of drug-likeness (QED) is 0.482. The Bertz CT molecular complexity index is 1340. The predicted octanol–water partition coefficient (Wildman–Crippen LogP) is 4.89. The molecule has 3 aromatic carbocycles. The van der Waals surface area contributed by atoms with Gasteiger partial charge in [0.2, 0.25) is 11.9 Å². The predicted molar refractivity (Wildman–Crippen MR) is 132 cm³/mol. The molecule has 0 radical (unpaired) electrons. The Balaban J connectivity index is 1.64. The molecular formula is C26H26N6. The van der Waals surface area contributed by atoms with E-state index in [0.29, 0.717) is 5.96 Å². The molecule has 1 fully saturated rings. The normalized spacial score (nSPS) is 18.2. The standard InChI is InChI=1S/C26H26N6/c27-24-29-25(28)32(26(30-24)16-8-1-9-17-26)23-15-7-6-14-22(23)31-20-12-4-2-10-18(20)19-11-3-5-13-21(19)31/h2-7,10-15H,1,8-9,16-17H2,(H4,27,28,29,30). The maximum atomic E-state index is 6.56. The molecule has 1 saturated carbocycles. The van der Waals surface area contributed by atoms with Gasteiger partial charge in [0, 0.05) is 10.8 Å². The molecular weight excluding hydrogens is 396 g/mol. The lowest BCUT2D eigenvalue weighted by Crippen LogP contribution is -2.58. The van der Waals surface area contributed by atoms with E-state index in [1.165, 1.54) is 17.2 Å². The summed E-state index contributed by atoms with van der Waals surface area (Å²) >= 11 is 0. The molecule has 1 aromatic heterocycles. The van der Waals surface area contributed by atoms with Crippen molar-refractivity contribution in [2.24, 2.45) is 21.5 Å². The molecule has 4 N–H and O–H groups in total. The van der Waals surface area contributed by atoms with Crippen LogP contribution in [0.3, 0.4) is 0 Å². The van der Waals surface area contributed by atoms with Gasteiger partial charge in [-0.1, -0.05) is 55.0 Å². The summed E-state index contributed by atoms with van der Waals surface area (Å²) < 4.78 is 2.32. The Morgan fingerprint density at radius 2 is 1.25 bits per heavy atom. The minimum absolute atomic E-state index is 0.273. The zero-order valence-corrected chi connectivity index (χ0v) is 17.9. The molecule has 0 bridgehead atoms. The van der Waals surface area contributed by atoms with E-state index in [1.54, 1.807) is 0 Å². The van der Waals surface area contributed by atoms with Crippen molar-refractivity contribution in [2.45, 2.75) is 37.8 Å². The maximum Gasteiger partial charge on any atom is 0.220 e. The first kappa shape index (κ1) is 18.9. The van der Waals surface area contributed by atoms with Gasteiger partial charge in [-0.2, -0.15) is 4.99 Å². The van der Waals surface area contributed by atoms with Crippen LogP contribution >= 0.6 is 0 Å². The highest BCUT2D eigenvalue weighted by molar-refractivity contribution is 6.11. The fraction of sp³-hybridized carbons (Fsp3) is 0.231. The Morgan fingerprint density at radius 3 is 1.91 bits per heavy atom. The first-order valence-electron chi connectivity index (χ1n) is 11.3. The van der Waals surface area contributed by atoms with Gasteiger partial charge in [-0.3, -0.25) is 4.90 Å². The molecule has 4 aromatic rings. The third-order valence-electron chi connectivity index (χ3n) is 6.80. The van der Waals surface area contributed by atoms with E-state index in [-0.39, 0.29) is 5.96 Å². The summed E-state index contributed by atoms with van der Waals surface area (Å²) in [5, 5.41) is 2.46. The molecule has 2 heterocycles.